The zero-order valence-electron chi connectivity index (χ0n) is 17.3. The second-order valence-electron chi connectivity index (χ2n) is 7.23. The molecule has 0 aromatic heterocycles. The Bertz CT molecular complexity index is 688. The normalized spacial score (nSPS) is 23.5. The van der Waals surface area contributed by atoms with Gasteiger partial charge >= 0.3 is 0 Å². The first-order valence-corrected chi connectivity index (χ1v) is 9.90. The molecule has 0 radical (unpaired) electrons. The van der Waals surface area contributed by atoms with Gasteiger partial charge in [0.25, 0.3) is 5.91 Å². The van der Waals surface area contributed by atoms with Gasteiger partial charge in [-0.15, -0.1) is 0 Å². The third kappa shape index (κ3) is 6.80. The SMILES string of the molecule is C=C/C=C\C=C\N1CC2(CCN(CCC(=C/C=O)/N=C/OC)CC2)OC(C)C1=O. The molecule has 0 saturated carbocycles. The van der Waals surface area contributed by atoms with E-state index in [9.17, 15) is 9.59 Å². The summed E-state index contributed by atoms with van der Waals surface area (Å²) < 4.78 is 11.0. The van der Waals surface area contributed by atoms with E-state index in [-0.39, 0.29) is 11.5 Å². The number of methoxy groups -OCH3 is 1. The van der Waals surface area contributed by atoms with Gasteiger partial charge in [0.05, 0.1) is 19.3 Å². The van der Waals surface area contributed by atoms with Crippen LogP contribution in [0, 0.1) is 0 Å². The third-order valence-electron chi connectivity index (χ3n) is 5.18. The number of aldehydes is 1. The summed E-state index contributed by atoms with van der Waals surface area (Å²) in [4.78, 5) is 31.4. The Morgan fingerprint density at radius 2 is 2.10 bits per heavy atom. The zero-order valence-corrected chi connectivity index (χ0v) is 17.3. The lowest BCUT2D eigenvalue weighted by Crippen LogP contribution is -2.60. The Morgan fingerprint density at radius 1 is 1.34 bits per heavy atom. The summed E-state index contributed by atoms with van der Waals surface area (Å²) in [5, 5.41) is 0. The van der Waals surface area contributed by atoms with E-state index in [2.05, 4.69) is 16.5 Å². The minimum Gasteiger partial charge on any atom is -0.486 e. The molecule has 1 spiro atoms. The minimum atomic E-state index is -0.450. The Labute approximate surface area is 173 Å². The van der Waals surface area contributed by atoms with Crippen LogP contribution in [-0.2, 0) is 19.1 Å². The summed E-state index contributed by atoms with van der Waals surface area (Å²) in [6.45, 7) is 8.58. The number of likely N-dealkylation sites (tertiary alicyclic amines) is 1. The Balaban J connectivity index is 1.92. The van der Waals surface area contributed by atoms with Crippen LogP contribution in [0.4, 0.5) is 0 Å². The molecule has 0 aromatic carbocycles. The van der Waals surface area contributed by atoms with Gasteiger partial charge < -0.3 is 19.3 Å². The number of morpholine rings is 1. The van der Waals surface area contributed by atoms with E-state index in [0.29, 0.717) is 18.7 Å². The molecule has 29 heavy (non-hydrogen) atoms. The van der Waals surface area contributed by atoms with Crippen molar-refractivity contribution in [3.05, 3.63) is 48.9 Å². The lowest BCUT2D eigenvalue weighted by molar-refractivity contribution is -0.184. The number of carbonyl (C=O) groups is 2. The fraction of sp³-hybridized carbons (Fsp3) is 0.500. The van der Waals surface area contributed by atoms with Crippen LogP contribution >= 0.6 is 0 Å². The van der Waals surface area contributed by atoms with Crippen LogP contribution in [0.5, 0.6) is 0 Å². The molecule has 0 N–H and O–H groups in total. The molecule has 158 valence electrons. The number of hydrogen-bond donors (Lipinski definition) is 0. The van der Waals surface area contributed by atoms with Crippen molar-refractivity contribution >= 4 is 18.6 Å². The van der Waals surface area contributed by atoms with E-state index >= 15 is 0 Å². The predicted octanol–water partition coefficient (Wildman–Crippen LogP) is 2.47. The maximum absolute atomic E-state index is 12.4. The van der Waals surface area contributed by atoms with E-state index < -0.39 is 6.10 Å². The first-order valence-electron chi connectivity index (χ1n) is 9.90. The van der Waals surface area contributed by atoms with Gasteiger partial charge in [0.15, 0.2) is 6.40 Å². The number of ether oxygens (including phenoxy) is 2. The molecule has 2 fully saturated rings. The van der Waals surface area contributed by atoms with Gasteiger partial charge in [-0.05, 0) is 31.9 Å². The van der Waals surface area contributed by atoms with Crippen molar-refractivity contribution in [2.24, 2.45) is 4.99 Å². The highest BCUT2D eigenvalue weighted by Gasteiger charge is 2.44. The van der Waals surface area contributed by atoms with Gasteiger partial charge in [0.2, 0.25) is 0 Å². The lowest BCUT2D eigenvalue weighted by atomic mass is 9.88. The number of hydrogen-bond acceptors (Lipinski definition) is 6. The van der Waals surface area contributed by atoms with E-state index in [4.69, 9.17) is 9.47 Å². The van der Waals surface area contributed by atoms with Crippen molar-refractivity contribution in [3.8, 4) is 0 Å². The number of carbonyl (C=O) groups excluding carboxylic acids is 2. The number of aliphatic imine (C=N–C) groups is 1. The van der Waals surface area contributed by atoms with Gasteiger partial charge in [0.1, 0.15) is 12.4 Å². The summed E-state index contributed by atoms with van der Waals surface area (Å²) in [6, 6.07) is 0. The highest BCUT2D eigenvalue weighted by Crippen LogP contribution is 2.33. The molecular weight excluding hydrogens is 370 g/mol. The molecule has 2 aliphatic rings. The summed E-state index contributed by atoms with van der Waals surface area (Å²) in [6.07, 6.45) is 14.5. The lowest BCUT2D eigenvalue weighted by Gasteiger charge is -2.48. The molecule has 2 saturated heterocycles. The molecule has 0 aromatic rings. The van der Waals surface area contributed by atoms with Crippen LogP contribution in [0.25, 0.3) is 0 Å². The average molecular weight is 402 g/mol. The number of allylic oxidation sites excluding steroid dienone is 5. The molecule has 7 heteroatoms. The fourth-order valence-electron chi connectivity index (χ4n) is 3.63. The smallest absolute Gasteiger partial charge is 0.255 e. The van der Waals surface area contributed by atoms with E-state index in [0.717, 1.165) is 38.8 Å². The standard InChI is InChI=1S/C22H31N3O4/c1-4-5-6-7-12-25-17-22(29-19(2)21(25)27)10-14-24(15-11-22)13-8-20(9-16-26)23-18-28-3/h4-7,9,12,16,18-19H,1,8,10-11,13-15,17H2,2-3H3/b6-5-,12-7+,20-9-,23-18+. The molecule has 2 rings (SSSR count). The topological polar surface area (TPSA) is 71.4 Å². The number of rotatable bonds is 9. The Kier molecular flexibility index (Phi) is 9.02. The van der Waals surface area contributed by atoms with E-state index in [1.165, 1.54) is 19.6 Å². The van der Waals surface area contributed by atoms with Crippen molar-refractivity contribution in [2.45, 2.75) is 37.9 Å². The van der Waals surface area contributed by atoms with Crippen molar-refractivity contribution in [1.29, 1.82) is 0 Å². The van der Waals surface area contributed by atoms with Crippen LogP contribution in [-0.4, -0.2) is 73.4 Å². The molecule has 2 heterocycles. The molecule has 1 unspecified atom stereocenters. The maximum Gasteiger partial charge on any atom is 0.255 e. The van der Waals surface area contributed by atoms with Gasteiger partial charge in [-0.25, -0.2) is 4.99 Å². The van der Waals surface area contributed by atoms with Crippen LogP contribution in [0.15, 0.2) is 53.8 Å². The van der Waals surface area contributed by atoms with Crippen LogP contribution < -0.4 is 0 Å². The largest absolute Gasteiger partial charge is 0.486 e. The first kappa shape index (κ1) is 22.8. The zero-order chi connectivity index (χ0) is 21.1. The quantitative estimate of drug-likeness (QED) is 0.195. The first-order chi connectivity index (χ1) is 14.0. The fourth-order valence-corrected chi connectivity index (χ4v) is 3.63. The van der Waals surface area contributed by atoms with E-state index in [1.807, 2.05) is 31.4 Å². The predicted molar refractivity (Wildman–Crippen MR) is 113 cm³/mol. The van der Waals surface area contributed by atoms with Crippen molar-refractivity contribution in [1.82, 2.24) is 9.80 Å². The van der Waals surface area contributed by atoms with Crippen molar-refractivity contribution in [2.75, 3.05) is 33.3 Å². The summed E-state index contributed by atoms with van der Waals surface area (Å²) in [5.74, 6) is -0.0130. The molecule has 0 aliphatic carbocycles. The highest BCUT2D eigenvalue weighted by molar-refractivity contribution is 5.82. The van der Waals surface area contributed by atoms with Gasteiger partial charge in [0, 0.05) is 38.0 Å². The van der Waals surface area contributed by atoms with Crippen molar-refractivity contribution < 1.29 is 19.1 Å². The molecule has 1 atom stereocenters. The van der Waals surface area contributed by atoms with E-state index in [1.54, 1.807) is 11.0 Å². The van der Waals surface area contributed by atoms with Crippen LogP contribution in [0.3, 0.4) is 0 Å². The number of piperidine rings is 1. The maximum atomic E-state index is 12.4. The summed E-state index contributed by atoms with van der Waals surface area (Å²) in [7, 11) is 1.52. The second-order valence-corrected chi connectivity index (χ2v) is 7.23. The summed E-state index contributed by atoms with van der Waals surface area (Å²) >= 11 is 0. The van der Waals surface area contributed by atoms with Gasteiger partial charge in [-0.2, -0.15) is 0 Å². The third-order valence-corrected chi connectivity index (χ3v) is 5.18. The molecule has 1 amide bonds. The molecule has 0 bridgehead atoms. The highest BCUT2D eigenvalue weighted by atomic mass is 16.5. The van der Waals surface area contributed by atoms with Gasteiger partial charge in [-0.1, -0.05) is 24.8 Å². The Hall–Kier alpha value is -2.51. The molecular formula is C22H31N3O4. The second kappa shape index (κ2) is 11.5. The number of amides is 1. The van der Waals surface area contributed by atoms with Crippen LogP contribution in [0.2, 0.25) is 0 Å². The van der Waals surface area contributed by atoms with Gasteiger partial charge in [-0.3, -0.25) is 9.59 Å². The molecule has 2 aliphatic heterocycles. The summed E-state index contributed by atoms with van der Waals surface area (Å²) in [5.41, 5.74) is 0.380. The van der Waals surface area contributed by atoms with Crippen LogP contribution in [0.1, 0.15) is 26.2 Å². The minimum absolute atomic E-state index is 0.0130. The van der Waals surface area contributed by atoms with Crippen molar-refractivity contribution in [3.63, 3.8) is 0 Å². The number of nitrogens with zero attached hydrogens (tertiary/aromatic N) is 3. The average Bonchev–Trinajstić information content (AvgIpc) is 2.72. The monoisotopic (exact) mass is 401 g/mol. The molecule has 7 nitrogen and oxygen atoms in total. The Morgan fingerprint density at radius 3 is 2.76 bits per heavy atom.